The number of carboxylic acids is 1. The number of rotatable bonds is 6. The van der Waals surface area contributed by atoms with Gasteiger partial charge >= 0.3 is 5.97 Å². The van der Waals surface area contributed by atoms with E-state index in [1.54, 1.807) is 10.9 Å². The van der Waals surface area contributed by atoms with Gasteiger partial charge in [0.05, 0.1) is 25.2 Å². The van der Waals surface area contributed by atoms with E-state index >= 15 is 0 Å². The lowest BCUT2D eigenvalue weighted by atomic mass is 10.2. The molecular formula is C8H13N5O3. The van der Waals surface area contributed by atoms with E-state index < -0.39 is 17.9 Å². The zero-order chi connectivity index (χ0) is 12.0. The molecule has 88 valence electrons. The quantitative estimate of drug-likeness (QED) is 0.526. The lowest BCUT2D eigenvalue weighted by Crippen LogP contribution is -2.42. The molecule has 0 bridgehead atoms. The van der Waals surface area contributed by atoms with Gasteiger partial charge in [-0.25, -0.2) is 0 Å². The Hall–Kier alpha value is -1.96. The molecule has 8 heteroatoms. The minimum Gasteiger partial charge on any atom is -0.481 e. The average Bonchev–Trinajstić information content (AvgIpc) is 2.69. The van der Waals surface area contributed by atoms with Crippen molar-refractivity contribution in [3.05, 3.63) is 12.4 Å². The Labute approximate surface area is 91.4 Å². The number of aliphatic carboxylic acids is 1. The van der Waals surface area contributed by atoms with Crippen molar-refractivity contribution in [2.75, 3.05) is 6.54 Å². The fourth-order valence-electron chi connectivity index (χ4n) is 1.06. The third-order valence-corrected chi connectivity index (χ3v) is 1.84. The van der Waals surface area contributed by atoms with E-state index in [-0.39, 0.29) is 6.42 Å². The number of nitrogens with one attached hydrogen (secondary N) is 1. The molecule has 16 heavy (non-hydrogen) atoms. The van der Waals surface area contributed by atoms with Crippen LogP contribution in [0, 0.1) is 0 Å². The Bertz CT molecular complexity index is 351. The highest BCUT2D eigenvalue weighted by molar-refractivity contribution is 5.85. The van der Waals surface area contributed by atoms with Crippen LogP contribution in [-0.2, 0) is 16.1 Å². The normalized spacial score (nSPS) is 12.1. The van der Waals surface area contributed by atoms with Gasteiger partial charge in [-0.2, -0.15) is 0 Å². The Morgan fingerprint density at radius 2 is 2.31 bits per heavy atom. The summed E-state index contributed by atoms with van der Waals surface area (Å²) in [6.07, 6.45) is 2.80. The maximum atomic E-state index is 11.3. The van der Waals surface area contributed by atoms with Crippen LogP contribution in [0.2, 0.25) is 0 Å². The van der Waals surface area contributed by atoms with Gasteiger partial charge in [0.1, 0.15) is 0 Å². The van der Waals surface area contributed by atoms with Crippen LogP contribution in [0.5, 0.6) is 0 Å². The molecule has 0 radical (unpaired) electrons. The van der Waals surface area contributed by atoms with E-state index in [9.17, 15) is 9.59 Å². The van der Waals surface area contributed by atoms with Crippen molar-refractivity contribution in [2.45, 2.75) is 19.0 Å². The van der Waals surface area contributed by atoms with Gasteiger partial charge in [0, 0.05) is 12.7 Å². The number of carbonyl (C=O) groups excluding carboxylic acids is 1. The number of nitrogens with zero attached hydrogens (tertiary/aromatic N) is 3. The second-order valence-corrected chi connectivity index (χ2v) is 3.16. The summed E-state index contributed by atoms with van der Waals surface area (Å²) >= 11 is 0. The molecule has 0 aromatic carbocycles. The first-order valence-corrected chi connectivity index (χ1v) is 4.69. The van der Waals surface area contributed by atoms with Crippen molar-refractivity contribution < 1.29 is 14.7 Å². The predicted molar refractivity (Wildman–Crippen MR) is 53.3 cm³/mol. The molecule has 1 amide bonds. The van der Waals surface area contributed by atoms with Crippen molar-refractivity contribution in [1.82, 2.24) is 20.3 Å². The van der Waals surface area contributed by atoms with Gasteiger partial charge in [0.15, 0.2) is 0 Å². The van der Waals surface area contributed by atoms with Crippen molar-refractivity contribution in [3.63, 3.8) is 0 Å². The summed E-state index contributed by atoms with van der Waals surface area (Å²) in [5.74, 6) is -1.58. The second-order valence-electron chi connectivity index (χ2n) is 3.16. The molecule has 1 unspecified atom stereocenters. The molecule has 1 aromatic heterocycles. The molecule has 4 N–H and O–H groups in total. The molecule has 0 aliphatic heterocycles. The molecule has 0 fully saturated rings. The fraction of sp³-hybridized carbons (Fsp3) is 0.500. The van der Waals surface area contributed by atoms with Crippen LogP contribution in [0.1, 0.15) is 6.42 Å². The Morgan fingerprint density at radius 3 is 2.88 bits per heavy atom. The summed E-state index contributed by atoms with van der Waals surface area (Å²) in [6, 6.07) is -1.02. The summed E-state index contributed by atoms with van der Waals surface area (Å²) in [6.45, 7) is 0.793. The summed E-state index contributed by atoms with van der Waals surface area (Å²) in [4.78, 5) is 21.6. The van der Waals surface area contributed by atoms with E-state index in [2.05, 4.69) is 15.6 Å². The lowest BCUT2D eigenvalue weighted by molar-refractivity contribution is -0.139. The number of hydrogen-bond donors (Lipinski definition) is 3. The first-order chi connectivity index (χ1) is 7.59. The Kier molecular flexibility index (Phi) is 4.40. The molecule has 0 spiro atoms. The number of aromatic nitrogens is 3. The monoisotopic (exact) mass is 227 g/mol. The molecular weight excluding hydrogens is 214 g/mol. The molecule has 0 saturated heterocycles. The van der Waals surface area contributed by atoms with E-state index in [4.69, 9.17) is 10.8 Å². The SMILES string of the molecule is NC(CC(=O)O)C(=O)NCCn1ccnn1. The van der Waals surface area contributed by atoms with Crippen LogP contribution in [0.15, 0.2) is 12.4 Å². The lowest BCUT2D eigenvalue weighted by Gasteiger charge is -2.09. The Morgan fingerprint density at radius 1 is 1.56 bits per heavy atom. The van der Waals surface area contributed by atoms with Gasteiger partial charge in [0.25, 0.3) is 0 Å². The highest BCUT2D eigenvalue weighted by atomic mass is 16.4. The third kappa shape index (κ3) is 4.05. The molecule has 0 aliphatic rings. The summed E-state index contributed by atoms with van der Waals surface area (Å²) in [5.41, 5.74) is 5.35. The largest absolute Gasteiger partial charge is 0.481 e. The van der Waals surface area contributed by atoms with Crippen molar-refractivity contribution in [3.8, 4) is 0 Å². The predicted octanol–water partition coefficient (Wildman–Crippen LogP) is -1.80. The van der Waals surface area contributed by atoms with Crippen molar-refractivity contribution in [2.24, 2.45) is 5.73 Å². The topological polar surface area (TPSA) is 123 Å². The van der Waals surface area contributed by atoms with E-state index in [1.807, 2.05) is 0 Å². The van der Waals surface area contributed by atoms with Gasteiger partial charge in [-0.05, 0) is 0 Å². The minimum atomic E-state index is -1.10. The van der Waals surface area contributed by atoms with Gasteiger partial charge < -0.3 is 16.2 Å². The van der Waals surface area contributed by atoms with Crippen LogP contribution in [-0.4, -0.2) is 44.6 Å². The summed E-state index contributed by atoms with van der Waals surface area (Å²) in [5, 5.41) is 18.2. The third-order valence-electron chi connectivity index (χ3n) is 1.84. The Balaban J connectivity index is 2.22. The zero-order valence-electron chi connectivity index (χ0n) is 8.54. The van der Waals surface area contributed by atoms with Crippen LogP contribution in [0.25, 0.3) is 0 Å². The first-order valence-electron chi connectivity index (χ1n) is 4.69. The standard InChI is InChI=1S/C8H13N5O3/c9-6(5-7(14)15)8(16)10-1-3-13-4-2-11-12-13/h2,4,6H,1,3,5,9H2,(H,10,16)(H,14,15). The molecule has 8 nitrogen and oxygen atoms in total. The minimum absolute atomic E-state index is 0.329. The summed E-state index contributed by atoms with van der Waals surface area (Å²) in [7, 11) is 0. The molecule has 1 atom stereocenters. The summed E-state index contributed by atoms with van der Waals surface area (Å²) < 4.78 is 1.54. The maximum Gasteiger partial charge on any atom is 0.305 e. The van der Waals surface area contributed by atoms with E-state index in [1.165, 1.54) is 6.20 Å². The van der Waals surface area contributed by atoms with E-state index in [0.29, 0.717) is 13.1 Å². The number of carboxylic acid groups (broad SMARTS) is 1. The van der Waals surface area contributed by atoms with Crippen LogP contribution < -0.4 is 11.1 Å². The van der Waals surface area contributed by atoms with Gasteiger partial charge in [-0.15, -0.1) is 5.10 Å². The maximum absolute atomic E-state index is 11.3. The molecule has 1 aromatic rings. The zero-order valence-corrected chi connectivity index (χ0v) is 8.54. The molecule has 1 heterocycles. The number of carbonyl (C=O) groups is 2. The smallest absolute Gasteiger partial charge is 0.305 e. The van der Waals surface area contributed by atoms with Gasteiger partial charge in [0.2, 0.25) is 5.91 Å². The molecule has 1 rings (SSSR count). The number of amides is 1. The van der Waals surface area contributed by atoms with Gasteiger partial charge in [-0.1, -0.05) is 5.21 Å². The van der Waals surface area contributed by atoms with Crippen LogP contribution in [0.3, 0.4) is 0 Å². The molecule has 0 aliphatic carbocycles. The number of nitrogens with two attached hydrogens (primary N) is 1. The van der Waals surface area contributed by atoms with Crippen molar-refractivity contribution in [1.29, 1.82) is 0 Å². The molecule has 0 saturated carbocycles. The van der Waals surface area contributed by atoms with Gasteiger partial charge in [-0.3, -0.25) is 14.3 Å². The fourth-order valence-corrected chi connectivity index (χ4v) is 1.06. The highest BCUT2D eigenvalue weighted by Crippen LogP contribution is 1.88. The van der Waals surface area contributed by atoms with Crippen LogP contribution in [0.4, 0.5) is 0 Å². The van der Waals surface area contributed by atoms with Crippen LogP contribution >= 0.6 is 0 Å². The van der Waals surface area contributed by atoms with Crippen molar-refractivity contribution >= 4 is 11.9 Å². The second kappa shape index (κ2) is 5.81. The first kappa shape index (κ1) is 12.1. The highest BCUT2D eigenvalue weighted by Gasteiger charge is 2.16. The van der Waals surface area contributed by atoms with E-state index in [0.717, 1.165) is 0 Å². The number of hydrogen-bond acceptors (Lipinski definition) is 5. The average molecular weight is 227 g/mol.